The summed E-state index contributed by atoms with van der Waals surface area (Å²) in [6.07, 6.45) is 0. The van der Waals surface area contributed by atoms with Crippen molar-refractivity contribution >= 4 is 53.4 Å². The van der Waals surface area contributed by atoms with E-state index in [2.05, 4.69) is 12.1 Å². The Labute approximate surface area is 301 Å². The van der Waals surface area contributed by atoms with Gasteiger partial charge < -0.3 is 4.42 Å². The topological polar surface area (TPSA) is 51.8 Å². The minimum atomic E-state index is -0.393. The number of furan rings is 1. The van der Waals surface area contributed by atoms with Crippen LogP contribution in [0, 0.1) is 0 Å². The molecule has 0 fully saturated rings. The third-order valence-electron chi connectivity index (χ3n) is 8.91. The molecule has 7 aromatic carbocycles. The Hall–Kier alpha value is -6.43. The molecule has 0 unspecified atom stereocenters. The second kappa shape index (κ2) is 11.6. The maximum Gasteiger partial charge on any atom is 0.167 e. The van der Waals surface area contributed by atoms with Crippen LogP contribution in [0.2, 0.25) is 0 Å². The summed E-state index contributed by atoms with van der Waals surface area (Å²) < 4.78 is 67.2. The van der Waals surface area contributed by atoms with Gasteiger partial charge in [-0.2, -0.15) is 0 Å². The molecule has 0 saturated heterocycles. The van der Waals surface area contributed by atoms with Crippen molar-refractivity contribution in [2.24, 2.45) is 0 Å². The monoisotopic (exact) mass is 664 g/mol. The van der Waals surface area contributed by atoms with Crippen LogP contribution < -0.4 is 0 Å². The highest BCUT2D eigenvalue weighted by Gasteiger charge is 2.18. The van der Waals surface area contributed by atoms with Gasteiger partial charge in [0.25, 0.3) is 0 Å². The average molecular weight is 665 g/mol. The Balaban J connectivity index is 1.15. The van der Waals surface area contributed by atoms with Crippen molar-refractivity contribution in [2.75, 3.05) is 0 Å². The van der Waals surface area contributed by atoms with Crippen LogP contribution in [0.4, 0.5) is 0 Å². The van der Waals surface area contributed by atoms with Gasteiger partial charge in [0.05, 0.1) is 15.2 Å². The van der Waals surface area contributed by atoms with Crippen molar-refractivity contribution in [2.45, 2.75) is 0 Å². The average Bonchev–Trinajstić information content (AvgIpc) is 3.84. The van der Waals surface area contributed by atoms with E-state index in [1.165, 1.54) is 0 Å². The standard InChI is InChI=1S/C45H27N3OS/c1-2-10-28(11-3-1)29-20-24-31(25-21-29)43-46-44(48-45(47-43)37-16-8-15-35-34-12-4-6-17-38(34)49-42(35)37)32-26-22-30(23-27-32)33-14-9-19-40-41(33)36-13-5-7-18-39(36)50-40/h1-27H/i5D,7D,9D,13D,14D,18D,19D. The molecule has 0 radical (unpaired) electrons. The smallest absolute Gasteiger partial charge is 0.167 e. The van der Waals surface area contributed by atoms with Crippen LogP contribution in [0.15, 0.2) is 168 Å². The number of rotatable bonds is 5. The lowest BCUT2D eigenvalue weighted by molar-refractivity contribution is 0.669. The molecule has 10 aromatic rings. The van der Waals surface area contributed by atoms with Crippen molar-refractivity contribution in [3.05, 3.63) is 164 Å². The molecule has 0 spiro atoms. The van der Waals surface area contributed by atoms with Gasteiger partial charge in [-0.15, -0.1) is 11.3 Å². The largest absolute Gasteiger partial charge is 0.455 e. The van der Waals surface area contributed by atoms with Gasteiger partial charge in [0, 0.05) is 42.1 Å². The van der Waals surface area contributed by atoms with Gasteiger partial charge in [0.15, 0.2) is 17.5 Å². The lowest BCUT2D eigenvalue weighted by Crippen LogP contribution is -2.00. The van der Waals surface area contributed by atoms with E-state index in [0.29, 0.717) is 55.4 Å². The van der Waals surface area contributed by atoms with Crippen LogP contribution in [0.3, 0.4) is 0 Å². The zero-order chi connectivity index (χ0) is 39.1. The van der Waals surface area contributed by atoms with E-state index in [1.54, 1.807) is 12.1 Å². The lowest BCUT2D eigenvalue weighted by atomic mass is 9.98. The number of thiophene rings is 1. The number of benzene rings is 7. The summed E-state index contributed by atoms with van der Waals surface area (Å²) in [7, 11) is 0. The first-order valence-corrected chi connectivity index (χ1v) is 16.8. The highest BCUT2D eigenvalue weighted by atomic mass is 32.1. The summed E-state index contributed by atoms with van der Waals surface area (Å²) in [5.41, 5.74) is 6.60. The summed E-state index contributed by atoms with van der Waals surface area (Å²) in [4.78, 5) is 15.0. The Morgan fingerprint density at radius 2 is 1.06 bits per heavy atom. The third kappa shape index (κ3) is 4.79. The molecule has 0 atom stereocenters. The molecule has 3 aromatic heterocycles. The summed E-state index contributed by atoms with van der Waals surface area (Å²) >= 11 is 1.05. The number of para-hydroxylation sites is 2. The molecule has 4 nitrogen and oxygen atoms in total. The SMILES string of the molecule is [2H]c1c([2H])c([2H])c2c(sc3c([2H])c([2H])c([2H])c(-c4ccc(-c5nc(-c6ccc(-c7ccccc7)cc6)nc(-c6cccc7c6oc6ccccc67)n5)cc4)c32)c1[2H]. The molecule has 50 heavy (non-hydrogen) atoms. The number of fused-ring (bicyclic) bond motifs is 6. The maximum atomic E-state index is 8.99. The molecule has 234 valence electrons. The highest BCUT2D eigenvalue weighted by Crippen LogP contribution is 2.41. The van der Waals surface area contributed by atoms with E-state index in [0.717, 1.165) is 44.4 Å². The molecule has 0 bridgehead atoms. The summed E-state index contributed by atoms with van der Waals surface area (Å²) in [5.74, 6) is 1.29. The first-order valence-electron chi connectivity index (χ1n) is 19.5. The molecule has 0 N–H and O–H groups in total. The van der Waals surface area contributed by atoms with Crippen molar-refractivity contribution in [1.82, 2.24) is 15.0 Å². The van der Waals surface area contributed by atoms with Gasteiger partial charge >= 0.3 is 0 Å². The van der Waals surface area contributed by atoms with Gasteiger partial charge in [-0.05, 0) is 46.5 Å². The molecular weight excluding hydrogens is 631 g/mol. The molecular formula is C45H27N3OS. The number of aromatic nitrogens is 3. The fourth-order valence-electron chi connectivity index (χ4n) is 6.48. The molecule has 0 saturated carbocycles. The van der Waals surface area contributed by atoms with Gasteiger partial charge in [-0.1, -0.05) is 139 Å². The first kappa shape index (κ1) is 22.3. The van der Waals surface area contributed by atoms with Crippen LogP contribution in [0.1, 0.15) is 9.60 Å². The second-order valence-electron chi connectivity index (χ2n) is 11.9. The molecule has 0 aliphatic heterocycles. The predicted octanol–water partition coefficient (Wildman–Crippen LogP) is 12.5. The Morgan fingerprint density at radius 3 is 1.86 bits per heavy atom. The molecule has 5 heteroatoms. The number of nitrogens with zero attached hydrogens (tertiary/aromatic N) is 3. The van der Waals surface area contributed by atoms with Gasteiger partial charge in [0.1, 0.15) is 11.2 Å². The van der Waals surface area contributed by atoms with Crippen LogP contribution in [-0.2, 0) is 0 Å². The van der Waals surface area contributed by atoms with Crippen molar-refractivity contribution in [3.63, 3.8) is 0 Å². The highest BCUT2D eigenvalue weighted by molar-refractivity contribution is 7.25. The van der Waals surface area contributed by atoms with Crippen molar-refractivity contribution < 1.29 is 14.0 Å². The zero-order valence-electron chi connectivity index (χ0n) is 33.2. The van der Waals surface area contributed by atoms with Crippen LogP contribution in [0.25, 0.3) is 98.5 Å². The first-order chi connectivity index (χ1) is 27.7. The minimum absolute atomic E-state index is 0.185. The molecule has 0 aliphatic carbocycles. The van der Waals surface area contributed by atoms with Gasteiger partial charge in [0.2, 0.25) is 0 Å². The van der Waals surface area contributed by atoms with E-state index in [9.17, 15) is 0 Å². The Kier molecular flexibility index (Phi) is 5.17. The van der Waals surface area contributed by atoms with Crippen LogP contribution >= 0.6 is 11.3 Å². The van der Waals surface area contributed by atoms with E-state index >= 15 is 0 Å². The Bertz CT molecular complexity index is 3260. The predicted molar refractivity (Wildman–Crippen MR) is 207 cm³/mol. The van der Waals surface area contributed by atoms with Gasteiger partial charge in [-0.25, -0.2) is 15.0 Å². The van der Waals surface area contributed by atoms with E-state index in [-0.39, 0.29) is 46.3 Å². The Morgan fingerprint density at radius 1 is 0.440 bits per heavy atom. The third-order valence-corrected chi connectivity index (χ3v) is 9.93. The normalized spacial score (nSPS) is 13.6. The number of hydrogen-bond donors (Lipinski definition) is 0. The molecule has 0 aliphatic rings. The van der Waals surface area contributed by atoms with Crippen molar-refractivity contribution in [1.29, 1.82) is 0 Å². The van der Waals surface area contributed by atoms with Crippen LogP contribution in [-0.4, -0.2) is 15.0 Å². The minimum Gasteiger partial charge on any atom is -0.455 e. The fourth-order valence-corrected chi connectivity index (χ4v) is 7.45. The summed E-state index contributed by atoms with van der Waals surface area (Å²) in [6.45, 7) is 0. The van der Waals surface area contributed by atoms with Crippen molar-refractivity contribution in [3.8, 4) is 56.4 Å². The lowest BCUT2D eigenvalue weighted by Gasteiger charge is -2.10. The quantitative estimate of drug-likeness (QED) is 0.184. The maximum absolute atomic E-state index is 8.99. The summed E-state index contributed by atoms with van der Waals surface area (Å²) in [6, 6.07) is 37.3. The molecule has 10 rings (SSSR count). The van der Waals surface area contributed by atoms with Gasteiger partial charge in [-0.3, -0.25) is 0 Å². The fraction of sp³-hybridized carbons (Fsp3) is 0. The van der Waals surface area contributed by atoms with Crippen LogP contribution in [0.5, 0.6) is 0 Å². The zero-order valence-corrected chi connectivity index (χ0v) is 27.0. The van der Waals surface area contributed by atoms with E-state index in [1.807, 2.05) is 97.1 Å². The second-order valence-corrected chi connectivity index (χ2v) is 12.9. The van der Waals surface area contributed by atoms with E-state index in [4.69, 9.17) is 29.0 Å². The molecule has 3 heterocycles. The molecule has 0 amide bonds. The van der Waals surface area contributed by atoms with E-state index < -0.39 is 6.04 Å². The number of hydrogen-bond acceptors (Lipinski definition) is 5. The summed E-state index contributed by atoms with van der Waals surface area (Å²) in [5, 5.41) is 2.54.